The van der Waals surface area contributed by atoms with Gasteiger partial charge in [-0.2, -0.15) is 9.00 Å². The highest BCUT2D eigenvalue weighted by Crippen LogP contribution is 2.14. The van der Waals surface area contributed by atoms with E-state index in [1.807, 2.05) is 72.8 Å². The van der Waals surface area contributed by atoms with Gasteiger partial charge in [0, 0.05) is 24.6 Å². The first-order valence-corrected chi connectivity index (χ1v) is 11.5. The summed E-state index contributed by atoms with van der Waals surface area (Å²) in [4.78, 5) is 3.17. The Labute approximate surface area is 187 Å². The predicted molar refractivity (Wildman–Crippen MR) is 125 cm³/mol. The lowest BCUT2D eigenvalue weighted by Crippen LogP contribution is -2.23. The second-order valence-electron chi connectivity index (χ2n) is 6.05. The molecule has 2 aromatic carbocycles. The standard InChI is InChI=1S/C13H13N3O.C9H10O3S2/c1-17-13-9-11(7-8-12(13)16-14)15-10-5-3-2-4-6-10;1-2-11-14(10,13)12-8-9-6-4-3-5-7-9/h2-9,13,15H,1H3;2-7H,1,8H2. The third kappa shape index (κ3) is 8.67. The Hall–Kier alpha value is -3.07. The van der Waals surface area contributed by atoms with Gasteiger partial charge in [0.05, 0.1) is 24.1 Å². The lowest BCUT2D eigenvalue weighted by Gasteiger charge is -2.13. The van der Waals surface area contributed by atoms with E-state index in [-0.39, 0.29) is 12.7 Å². The minimum Gasteiger partial charge on any atom is -0.390 e. The predicted octanol–water partition coefficient (Wildman–Crippen LogP) is 4.18. The van der Waals surface area contributed by atoms with Crippen LogP contribution in [0.4, 0.5) is 5.69 Å². The van der Waals surface area contributed by atoms with Gasteiger partial charge in [0.25, 0.3) is 0 Å². The zero-order valence-electron chi connectivity index (χ0n) is 16.9. The summed E-state index contributed by atoms with van der Waals surface area (Å²) in [6.45, 7) is 3.42. The molecule has 0 amide bonds. The van der Waals surface area contributed by atoms with E-state index in [0.717, 1.165) is 23.2 Å². The molecule has 0 fully saturated rings. The number of para-hydroxylation sites is 1. The van der Waals surface area contributed by atoms with Crippen LogP contribution in [0.3, 0.4) is 0 Å². The van der Waals surface area contributed by atoms with Gasteiger partial charge in [-0.25, -0.2) is 0 Å². The number of ether oxygens (including phenoxy) is 1. The van der Waals surface area contributed by atoms with Crippen LogP contribution in [0.25, 0.3) is 5.53 Å². The van der Waals surface area contributed by atoms with Gasteiger partial charge in [0.15, 0.2) is 6.10 Å². The molecule has 2 unspecified atom stereocenters. The van der Waals surface area contributed by atoms with Crippen LogP contribution in [0.5, 0.6) is 0 Å². The maximum Gasteiger partial charge on any atom is 0.324 e. The summed E-state index contributed by atoms with van der Waals surface area (Å²) in [5.74, 6) is 0. The normalized spacial score (nSPS) is 16.6. The van der Waals surface area contributed by atoms with Crippen LogP contribution in [0, 0.1) is 0 Å². The number of rotatable bonds is 8. The van der Waals surface area contributed by atoms with Gasteiger partial charge in [-0.05, 0) is 29.8 Å². The quantitative estimate of drug-likeness (QED) is 0.363. The molecule has 0 spiro atoms. The van der Waals surface area contributed by atoms with Gasteiger partial charge >= 0.3 is 14.8 Å². The highest BCUT2D eigenvalue weighted by atomic mass is 32.9. The zero-order chi connectivity index (χ0) is 22.5. The van der Waals surface area contributed by atoms with Crippen molar-refractivity contribution in [2.24, 2.45) is 0 Å². The molecule has 1 aliphatic carbocycles. The van der Waals surface area contributed by atoms with Crippen LogP contribution >= 0.6 is 0 Å². The lowest BCUT2D eigenvalue weighted by atomic mass is 10.1. The molecule has 1 N–H and O–H groups in total. The van der Waals surface area contributed by atoms with E-state index in [4.69, 9.17) is 14.5 Å². The second kappa shape index (κ2) is 12.6. The molecule has 0 heterocycles. The minimum atomic E-state index is -3.11. The number of nitrogens with zero attached hydrogens (tertiary/aromatic N) is 2. The highest BCUT2D eigenvalue weighted by molar-refractivity contribution is 8.27. The molecular formula is C22H23N3O4S2. The molecule has 2 aromatic rings. The second-order valence-corrected chi connectivity index (χ2v) is 8.52. The Morgan fingerprint density at radius 3 is 2.39 bits per heavy atom. The largest absolute Gasteiger partial charge is 0.390 e. The van der Waals surface area contributed by atoms with Crippen molar-refractivity contribution in [1.29, 1.82) is 0 Å². The first kappa shape index (κ1) is 24.2. The number of nitrogens with one attached hydrogen (secondary N) is 1. The van der Waals surface area contributed by atoms with E-state index in [1.165, 1.54) is 0 Å². The third-order valence-corrected chi connectivity index (χ3v) is 5.19. The number of hydrogen-bond donors (Lipinski definition) is 1. The van der Waals surface area contributed by atoms with Crippen molar-refractivity contribution >= 4 is 31.6 Å². The molecule has 3 rings (SSSR count). The fourth-order valence-corrected chi connectivity index (χ4v) is 3.26. The van der Waals surface area contributed by atoms with E-state index in [2.05, 4.69) is 32.1 Å². The van der Waals surface area contributed by atoms with E-state index in [0.29, 0.717) is 5.71 Å². The molecule has 0 aromatic heterocycles. The van der Waals surface area contributed by atoms with Gasteiger partial charge < -0.3 is 19.8 Å². The molecule has 7 nitrogen and oxygen atoms in total. The molecule has 9 heteroatoms. The number of allylic oxidation sites excluding steroid dienone is 1. The molecule has 2 atom stereocenters. The van der Waals surface area contributed by atoms with Gasteiger partial charge in [0.2, 0.25) is 0 Å². The first-order chi connectivity index (χ1) is 15.0. The average Bonchev–Trinajstić information content (AvgIpc) is 2.79. The van der Waals surface area contributed by atoms with E-state index < -0.39 is 9.05 Å². The monoisotopic (exact) mass is 457 g/mol. The topological polar surface area (TPSA) is 93.2 Å². The Morgan fingerprint density at radius 1 is 1.16 bits per heavy atom. The molecule has 0 radical (unpaired) electrons. The van der Waals surface area contributed by atoms with Crippen LogP contribution in [-0.2, 0) is 40.0 Å². The Morgan fingerprint density at radius 2 is 1.81 bits per heavy atom. The molecule has 162 valence electrons. The van der Waals surface area contributed by atoms with Crippen LogP contribution in [0.15, 0.2) is 97.4 Å². The first-order valence-electron chi connectivity index (χ1n) is 9.16. The Kier molecular flexibility index (Phi) is 9.83. The van der Waals surface area contributed by atoms with Crippen LogP contribution in [0.1, 0.15) is 5.56 Å². The molecule has 0 saturated carbocycles. The van der Waals surface area contributed by atoms with Gasteiger partial charge in [-0.3, -0.25) is 4.18 Å². The molecule has 0 saturated heterocycles. The maximum absolute atomic E-state index is 11.3. The van der Waals surface area contributed by atoms with Crippen molar-refractivity contribution in [2.45, 2.75) is 12.7 Å². The molecule has 31 heavy (non-hydrogen) atoms. The molecule has 0 bridgehead atoms. The smallest absolute Gasteiger partial charge is 0.324 e. The van der Waals surface area contributed by atoms with Gasteiger partial charge in [0.1, 0.15) is 0 Å². The maximum atomic E-state index is 11.3. The summed E-state index contributed by atoms with van der Waals surface area (Å²) in [5, 5.41) is 3.25. The summed E-state index contributed by atoms with van der Waals surface area (Å²) in [6.07, 6.45) is 6.12. The van der Waals surface area contributed by atoms with E-state index >= 15 is 0 Å². The van der Waals surface area contributed by atoms with Gasteiger partial charge in [-0.1, -0.05) is 55.1 Å². The number of methoxy groups -OCH3 is 1. The van der Waals surface area contributed by atoms with Crippen molar-refractivity contribution in [3.05, 3.63) is 109 Å². The number of anilines is 1. The fourth-order valence-electron chi connectivity index (χ4n) is 2.45. The summed E-state index contributed by atoms with van der Waals surface area (Å²) >= 11 is 4.55. The summed E-state index contributed by atoms with van der Waals surface area (Å²) in [6, 6.07) is 19.1. The molecule has 0 aliphatic heterocycles. The van der Waals surface area contributed by atoms with Crippen LogP contribution in [0.2, 0.25) is 0 Å². The van der Waals surface area contributed by atoms with Crippen molar-refractivity contribution < 1.29 is 22.1 Å². The number of benzene rings is 2. The Balaban J connectivity index is 0.000000225. The van der Waals surface area contributed by atoms with E-state index in [1.54, 1.807) is 13.2 Å². The molecular weight excluding hydrogens is 434 g/mol. The lowest BCUT2D eigenvalue weighted by molar-refractivity contribution is -0.0184. The summed E-state index contributed by atoms with van der Waals surface area (Å²) < 4.78 is 25.9. The van der Waals surface area contributed by atoms with Crippen molar-refractivity contribution in [1.82, 2.24) is 0 Å². The minimum absolute atomic E-state index is 0.164. The summed E-state index contributed by atoms with van der Waals surface area (Å²) in [5.41, 5.74) is 12.1. The average molecular weight is 458 g/mol. The van der Waals surface area contributed by atoms with E-state index in [9.17, 15) is 4.21 Å². The van der Waals surface area contributed by atoms with Crippen molar-refractivity contribution in [2.75, 3.05) is 12.4 Å². The zero-order valence-corrected chi connectivity index (χ0v) is 18.6. The van der Waals surface area contributed by atoms with Crippen molar-refractivity contribution in [3.63, 3.8) is 0 Å². The SMILES string of the molecule is C=COS(=O)(=S)OCc1ccccc1.COC1C=C(Nc2ccccc2)C=CC1=[N+]=[N-]. The van der Waals surface area contributed by atoms with Crippen LogP contribution in [-0.4, -0.2) is 27.9 Å². The summed E-state index contributed by atoms with van der Waals surface area (Å²) in [7, 11) is -1.54. The third-order valence-electron chi connectivity index (χ3n) is 3.89. The van der Waals surface area contributed by atoms with Gasteiger partial charge in [-0.15, -0.1) is 0 Å². The molecule has 1 aliphatic rings. The highest BCUT2D eigenvalue weighted by Gasteiger charge is 2.22. The van der Waals surface area contributed by atoms with Crippen LogP contribution < -0.4 is 5.32 Å². The fraction of sp³-hybridized carbons (Fsp3) is 0.136. The number of hydrogen-bond acceptors (Lipinski definition) is 6. The van der Waals surface area contributed by atoms with Crippen molar-refractivity contribution in [3.8, 4) is 0 Å². The Bertz CT molecular complexity index is 1060.